The summed E-state index contributed by atoms with van der Waals surface area (Å²) in [6.45, 7) is 6.91. The minimum absolute atomic E-state index is 0.144. The summed E-state index contributed by atoms with van der Waals surface area (Å²) in [5.41, 5.74) is 6.41. The third kappa shape index (κ3) is 2.09. The molecule has 22 heavy (non-hydrogen) atoms. The largest absolute Gasteiger partial charge is 0.364 e. The van der Waals surface area contributed by atoms with Crippen molar-refractivity contribution in [3.8, 4) is 0 Å². The smallest absolute Gasteiger partial charge is 0.319 e. The van der Waals surface area contributed by atoms with E-state index in [9.17, 15) is 9.59 Å². The predicted octanol–water partition coefficient (Wildman–Crippen LogP) is 2.45. The van der Waals surface area contributed by atoms with E-state index in [2.05, 4.69) is 36.4 Å². The van der Waals surface area contributed by atoms with E-state index in [4.69, 9.17) is 5.73 Å². The van der Waals surface area contributed by atoms with Crippen molar-refractivity contribution in [1.82, 2.24) is 10.3 Å². The van der Waals surface area contributed by atoms with E-state index >= 15 is 0 Å². The molecule has 6 heteroatoms. The number of urea groups is 1. The molecule has 3 atom stereocenters. The van der Waals surface area contributed by atoms with Gasteiger partial charge in [-0.1, -0.05) is 20.8 Å². The first-order valence-corrected chi connectivity index (χ1v) is 7.80. The highest BCUT2D eigenvalue weighted by atomic mass is 16.2. The van der Waals surface area contributed by atoms with E-state index in [0.717, 1.165) is 12.8 Å². The number of hydrogen-bond acceptors (Lipinski definition) is 2. The monoisotopic (exact) mass is 304 g/mol. The SMILES string of the molecule is CC1(C)[C@@H]2CC[C@@]1(C)[C@@H](NC(=O)Nc1c[nH]c(C(N)=O)c1)C2. The zero-order valence-electron chi connectivity index (χ0n) is 13.3. The highest BCUT2D eigenvalue weighted by Crippen LogP contribution is 2.65. The standard InChI is InChI=1S/C16H24N4O2/c1-15(2)9-4-5-16(15,3)12(6-9)20-14(22)19-10-7-11(13(17)21)18-8-10/h7-9,12,18H,4-6H2,1-3H3,(H2,17,21)(H2,19,20,22)/t9-,12+,16+/m1/s1. The third-order valence-electron chi connectivity index (χ3n) is 6.31. The Bertz CT molecular complexity index is 621. The zero-order valence-corrected chi connectivity index (χ0v) is 13.3. The van der Waals surface area contributed by atoms with Crippen molar-refractivity contribution in [3.05, 3.63) is 18.0 Å². The van der Waals surface area contributed by atoms with Gasteiger partial charge in [-0.05, 0) is 42.1 Å². The van der Waals surface area contributed by atoms with Gasteiger partial charge in [-0.15, -0.1) is 0 Å². The number of primary amides is 1. The Morgan fingerprint density at radius 1 is 1.36 bits per heavy atom. The molecule has 6 nitrogen and oxygen atoms in total. The summed E-state index contributed by atoms with van der Waals surface area (Å²) in [5.74, 6) is 0.132. The van der Waals surface area contributed by atoms with Gasteiger partial charge in [0.1, 0.15) is 5.69 Å². The number of aromatic nitrogens is 1. The lowest BCUT2D eigenvalue weighted by Gasteiger charge is -2.39. The predicted molar refractivity (Wildman–Crippen MR) is 84.5 cm³/mol. The van der Waals surface area contributed by atoms with E-state index in [1.807, 2.05) is 0 Å². The number of aromatic amines is 1. The van der Waals surface area contributed by atoms with Crippen LogP contribution in [0.5, 0.6) is 0 Å². The number of hydrogen-bond donors (Lipinski definition) is 4. The molecule has 2 aliphatic carbocycles. The highest BCUT2D eigenvalue weighted by molar-refractivity contribution is 5.95. The molecule has 2 bridgehead atoms. The molecule has 0 radical (unpaired) electrons. The molecule has 1 aromatic heterocycles. The number of carbonyl (C=O) groups excluding carboxylic acids is 2. The van der Waals surface area contributed by atoms with E-state index in [1.165, 1.54) is 12.5 Å². The number of fused-ring (bicyclic) bond motifs is 2. The topological polar surface area (TPSA) is 100 Å². The molecule has 3 amide bonds. The van der Waals surface area contributed by atoms with Gasteiger partial charge in [0.05, 0.1) is 5.69 Å². The quantitative estimate of drug-likeness (QED) is 0.689. The van der Waals surface area contributed by atoms with Crippen LogP contribution in [0, 0.1) is 16.7 Å². The first kappa shape index (κ1) is 14.9. The normalized spacial score (nSPS) is 32.0. The van der Waals surface area contributed by atoms with Crippen molar-refractivity contribution in [2.24, 2.45) is 22.5 Å². The number of carbonyl (C=O) groups is 2. The van der Waals surface area contributed by atoms with Crippen molar-refractivity contribution >= 4 is 17.6 Å². The maximum absolute atomic E-state index is 12.2. The number of nitrogens with one attached hydrogen (secondary N) is 3. The minimum atomic E-state index is -0.546. The lowest BCUT2D eigenvalue weighted by molar-refractivity contribution is 0.0996. The van der Waals surface area contributed by atoms with Crippen LogP contribution in [0.2, 0.25) is 0 Å². The maximum Gasteiger partial charge on any atom is 0.319 e. The third-order valence-corrected chi connectivity index (χ3v) is 6.31. The fraction of sp³-hybridized carbons (Fsp3) is 0.625. The van der Waals surface area contributed by atoms with Crippen LogP contribution in [0.1, 0.15) is 50.5 Å². The van der Waals surface area contributed by atoms with Gasteiger partial charge in [-0.2, -0.15) is 0 Å². The van der Waals surface area contributed by atoms with Crippen LogP contribution >= 0.6 is 0 Å². The Hall–Kier alpha value is -1.98. The average molecular weight is 304 g/mol. The van der Waals surface area contributed by atoms with Crippen LogP contribution in [0.4, 0.5) is 10.5 Å². The second-order valence-corrected chi connectivity index (χ2v) is 7.43. The molecule has 0 aliphatic heterocycles. The summed E-state index contributed by atoms with van der Waals surface area (Å²) in [6.07, 6.45) is 5.01. The summed E-state index contributed by atoms with van der Waals surface area (Å²) in [6, 6.07) is 1.49. The summed E-state index contributed by atoms with van der Waals surface area (Å²) < 4.78 is 0. The average Bonchev–Trinajstić information content (AvgIpc) is 3.01. The highest BCUT2D eigenvalue weighted by Gasteiger charge is 2.61. The molecular formula is C16H24N4O2. The number of H-pyrrole nitrogens is 1. The van der Waals surface area contributed by atoms with Crippen molar-refractivity contribution in [2.75, 3.05) is 5.32 Å². The van der Waals surface area contributed by atoms with Crippen molar-refractivity contribution in [3.63, 3.8) is 0 Å². The molecule has 3 rings (SSSR count). The van der Waals surface area contributed by atoms with Crippen molar-refractivity contribution < 1.29 is 9.59 Å². The van der Waals surface area contributed by atoms with Crippen molar-refractivity contribution in [1.29, 1.82) is 0 Å². The Kier molecular flexibility index (Phi) is 3.23. The molecule has 0 saturated heterocycles. The molecule has 0 unspecified atom stereocenters. The van der Waals surface area contributed by atoms with Gasteiger partial charge in [0, 0.05) is 12.2 Å². The van der Waals surface area contributed by atoms with E-state index < -0.39 is 5.91 Å². The number of amides is 3. The summed E-state index contributed by atoms with van der Waals surface area (Å²) in [4.78, 5) is 26.0. The van der Waals surface area contributed by atoms with E-state index in [-0.39, 0.29) is 28.6 Å². The van der Waals surface area contributed by atoms with Gasteiger partial charge in [-0.3, -0.25) is 4.79 Å². The fourth-order valence-corrected chi connectivity index (χ4v) is 4.36. The lowest BCUT2D eigenvalue weighted by atomic mass is 9.69. The number of rotatable bonds is 3. The van der Waals surface area contributed by atoms with Gasteiger partial charge in [0.2, 0.25) is 0 Å². The second kappa shape index (κ2) is 4.76. The van der Waals surface area contributed by atoms with Gasteiger partial charge in [0.15, 0.2) is 0 Å². The van der Waals surface area contributed by atoms with Crippen molar-refractivity contribution in [2.45, 2.75) is 46.1 Å². The minimum Gasteiger partial charge on any atom is -0.364 e. The van der Waals surface area contributed by atoms with Crippen LogP contribution in [0.15, 0.2) is 12.3 Å². The zero-order chi connectivity index (χ0) is 16.1. The van der Waals surface area contributed by atoms with Gasteiger partial charge in [-0.25, -0.2) is 4.79 Å². The maximum atomic E-state index is 12.2. The first-order chi connectivity index (χ1) is 10.2. The molecule has 2 saturated carbocycles. The molecule has 2 aliphatic rings. The molecular weight excluding hydrogens is 280 g/mol. The van der Waals surface area contributed by atoms with E-state index in [0.29, 0.717) is 11.6 Å². The summed E-state index contributed by atoms with van der Waals surface area (Å²) in [7, 11) is 0. The second-order valence-electron chi connectivity index (χ2n) is 7.43. The summed E-state index contributed by atoms with van der Waals surface area (Å²) >= 11 is 0. The van der Waals surface area contributed by atoms with E-state index in [1.54, 1.807) is 6.20 Å². The molecule has 120 valence electrons. The Morgan fingerprint density at radius 2 is 2.09 bits per heavy atom. The first-order valence-electron chi connectivity index (χ1n) is 7.80. The van der Waals surface area contributed by atoms with Gasteiger partial charge < -0.3 is 21.4 Å². The van der Waals surface area contributed by atoms with Crippen LogP contribution in [0.3, 0.4) is 0 Å². The summed E-state index contributed by atoms with van der Waals surface area (Å²) in [5, 5.41) is 5.87. The molecule has 0 spiro atoms. The number of nitrogens with two attached hydrogens (primary N) is 1. The Balaban J connectivity index is 1.64. The van der Waals surface area contributed by atoms with Crippen LogP contribution in [-0.4, -0.2) is 23.0 Å². The molecule has 1 aromatic rings. The van der Waals surface area contributed by atoms with Gasteiger partial charge in [0.25, 0.3) is 5.91 Å². The van der Waals surface area contributed by atoms with Crippen LogP contribution in [0.25, 0.3) is 0 Å². The van der Waals surface area contributed by atoms with Crippen LogP contribution in [-0.2, 0) is 0 Å². The van der Waals surface area contributed by atoms with Gasteiger partial charge >= 0.3 is 6.03 Å². The van der Waals surface area contributed by atoms with Crippen LogP contribution < -0.4 is 16.4 Å². The molecule has 2 fully saturated rings. The number of anilines is 1. The Morgan fingerprint density at radius 3 is 2.59 bits per heavy atom. The molecule has 1 heterocycles. The molecule has 5 N–H and O–H groups in total. The lowest BCUT2D eigenvalue weighted by Crippen LogP contribution is -2.48. The molecule has 0 aromatic carbocycles. The Labute approximate surface area is 130 Å². The fourth-order valence-electron chi connectivity index (χ4n) is 4.36.